The van der Waals surface area contributed by atoms with E-state index >= 15 is 0 Å². The summed E-state index contributed by atoms with van der Waals surface area (Å²) in [6.45, 7) is 0. The van der Waals surface area contributed by atoms with Crippen LogP contribution in [0.15, 0.2) is 17.0 Å². The molecular formula is C12H10ClFO4S. The first kappa shape index (κ1) is 15.5. The number of halogens is 2. The van der Waals surface area contributed by atoms with Crippen molar-refractivity contribution in [1.29, 1.82) is 0 Å². The van der Waals surface area contributed by atoms with Gasteiger partial charge in [-0.2, -0.15) is 0 Å². The fourth-order valence-electron chi connectivity index (χ4n) is 1.42. The lowest BCUT2D eigenvalue weighted by molar-refractivity contribution is 0.0691. The maximum atomic E-state index is 13.8. The second-order valence-electron chi connectivity index (χ2n) is 3.70. The molecule has 0 aliphatic rings. The first-order valence-electron chi connectivity index (χ1n) is 5.18. The summed E-state index contributed by atoms with van der Waals surface area (Å²) in [5.41, 5.74) is -0.775. The van der Waals surface area contributed by atoms with Crippen molar-refractivity contribution in [1.82, 2.24) is 0 Å². The number of benzene rings is 1. The smallest absolute Gasteiger partial charge is 0.338 e. The van der Waals surface area contributed by atoms with Gasteiger partial charge in [-0.1, -0.05) is 11.6 Å². The minimum absolute atomic E-state index is 0.158. The summed E-state index contributed by atoms with van der Waals surface area (Å²) in [5.74, 6) is -0.990. The average molecular weight is 305 g/mol. The Kier molecular flexibility index (Phi) is 4.92. The van der Waals surface area contributed by atoms with E-state index in [1.54, 1.807) is 0 Å². The second kappa shape index (κ2) is 6.04. The number of hydrogen-bond acceptors (Lipinski definition) is 3. The highest BCUT2D eigenvalue weighted by Crippen LogP contribution is 2.25. The van der Waals surface area contributed by atoms with E-state index in [1.807, 2.05) is 0 Å². The standard InChI is InChI=1S/C12H10ClFO4S/c1-2-3-4-5-19(17,18)10-7-8(13)6-9(11(10)14)12(15)16/h1,6-7H,3-5H2,(H,15,16). The van der Waals surface area contributed by atoms with Gasteiger partial charge in [0.05, 0.1) is 11.3 Å². The van der Waals surface area contributed by atoms with Crippen LogP contribution in [-0.2, 0) is 9.84 Å². The van der Waals surface area contributed by atoms with Crippen molar-refractivity contribution in [3.8, 4) is 12.3 Å². The molecule has 0 radical (unpaired) electrons. The van der Waals surface area contributed by atoms with E-state index in [1.165, 1.54) is 0 Å². The van der Waals surface area contributed by atoms with Gasteiger partial charge in [-0.3, -0.25) is 0 Å². The molecule has 0 atom stereocenters. The van der Waals surface area contributed by atoms with Crippen LogP contribution in [0.1, 0.15) is 23.2 Å². The predicted octanol–water partition coefficient (Wildman–Crippen LogP) is 2.36. The number of unbranched alkanes of at least 4 members (excludes halogenated alkanes) is 1. The molecule has 1 aromatic rings. The van der Waals surface area contributed by atoms with E-state index in [0.717, 1.165) is 12.1 Å². The monoisotopic (exact) mass is 304 g/mol. The van der Waals surface area contributed by atoms with Crippen molar-refractivity contribution < 1.29 is 22.7 Å². The Bertz CT molecular complexity index is 646. The lowest BCUT2D eigenvalue weighted by Crippen LogP contribution is -2.12. The maximum absolute atomic E-state index is 13.8. The fraction of sp³-hybridized carbons (Fsp3) is 0.250. The van der Waals surface area contributed by atoms with E-state index in [0.29, 0.717) is 0 Å². The Labute approximate surface area is 115 Å². The Hall–Kier alpha value is -1.58. The third-order valence-electron chi connectivity index (χ3n) is 2.30. The zero-order valence-corrected chi connectivity index (χ0v) is 11.3. The predicted molar refractivity (Wildman–Crippen MR) is 68.5 cm³/mol. The summed E-state index contributed by atoms with van der Waals surface area (Å²) < 4.78 is 37.6. The molecule has 0 unspecified atom stereocenters. The van der Waals surface area contributed by atoms with E-state index < -0.39 is 32.1 Å². The third-order valence-corrected chi connectivity index (χ3v) is 4.32. The van der Waals surface area contributed by atoms with Gasteiger partial charge in [-0.05, 0) is 18.6 Å². The van der Waals surface area contributed by atoms with E-state index in [4.69, 9.17) is 23.1 Å². The molecule has 0 aromatic heterocycles. The highest BCUT2D eigenvalue weighted by molar-refractivity contribution is 7.91. The highest BCUT2D eigenvalue weighted by Gasteiger charge is 2.24. The molecule has 19 heavy (non-hydrogen) atoms. The number of carboxylic acids is 1. The van der Waals surface area contributed by atoms with Crippen molar-refractivity contribution in [2.75, 3.05) is 5.75 Å². The second-order valence-corrected chi connectivity index (χ2v) is 6.21. The molecule has 1 rings (SSSR count). The number of sulfone groups is 1. The average Bonchev–Trinajstić information content (AvgIpc) is 2.31. The largest absolute Gasteiger partial charge is 0.478 e. The summed E-state index contributed by atoms with van der Waals surface area (Å²) in [5, 5.41) is 8.62. The number of rotatable bonds is 5. The van der Waals surface area contributed by atoms with Gasteiger partial charge in [0.25, 0.3) is 0 Å². The maximum Gasteiger partial charge on any atom is 0.338 e. The molecule has 7 heteroatoms. The lowest BCUT2D eigenvalue weighted by atomic mass is 10.2. The molecule has 0 heterocycles. The zero-order chi connectivity index (χ0) is 14.6. The zero-order valence-electron chi connectivity index (χ0n) is 9.69. The van der Waals surface area contributed by atoms with Gasteiger partial charge in [0.1, 0.15) is 4.90 Å². The molecule has 0 aliphatic heterocycles. The molecule has 0 saturated carbocycles. The van der Waals surface area contributed by atoms with Crippen molar-refractivity contribution in [2.24, 2.45) is 0 Å². The van der Waals surface area contributed by atoms with Gasteiger partial charge in [0.15, 0.2) is 15.7 Å². The molecule has 0 fully saturated rings. The van der Waals surface area contributed by atoms with Gasteiger partial charge < -0.3 is 5.11 Å². The van der Waals surface area contributed by atoms with Crippen LogP contribution < -0.4 is 0 Å². The van der Waals surface area contributed by atoms with Gasteiger partial charge in [0.2, 0.25) is 0 Å². The SMILES string of the molecule is C#CCCCS(=O)(=O)c1cc(Cl)cc(C(=O)O)c1F. The molecular weight excluding hydrogens is 295 g/mol. The Morgan fingerprint density at radius 3 is 2.63 bits per heavy atom. The van der Waals surface area contributed by atoms with Crippen LogP contribution in [0, 0.1) is 18.2 Å². The Balaban J connectivity index is 3.27. The van der Waals surface area contributed by atoms with Crippen LogP contribution in [0.2, 0.25) is 5.02 Å². The number of carboxylic acid groups (broad SMARTS) is 1. The van der Waals surface area contributed by atoms with Crippen LogP contribution in [0.25, 0.3) is 0 Å². The number of hydrogen-bond donors (Lipinski definition) is 1. The van der Waals surface area contributed by atoms with E-state index in [9.17, 15) is 17.6 Å². The van der Waals surface area contributed by atoms with Crippen LogP contribution >= 0.6 is 11.6 Å². The van der Waals surface area contributed by atoms with E-state index in [-0.39, 0.29) is 23.6 Å². The van der Waals surface area contributed by atoms with Crippen LogP contribution in [0.3, 0.4) is 0 Å². The molecule has 1 N–H and O–H groups in total. The van der Waals surface area contributed by atoms with Crippen molar-refractivity contribution >= 4 is 27.4 Å². The molecule has 0 bridgehead atoms. The molecule has 102 valence electrons. The molecule has 4 nitrogen and oxygen atoms in total. The van der Waals surface area contributed by atoms with Gasteiger partial charge >= 0.3 is 5.97 Å². The lowest BCUT2D eigenvalue weighted by Gasteiger charge is -2.07. The minimum Gasteiger partial charge on any atom is -0.478 e. The van der Waals surface area contributed by atoms with Gasteiger partial charge in [-0.25, -0.2) is 17.6 Å². The molecule has 0 saturated heterocycles. The molecule has 1 aromatic carbocycles. The first-order chi connectivity index (χ1) is 8.79. The van der Waals surface area contributed by atoms with Crippen LogP contribution in [0.4, 0.5) is 4.39 Å². The summed E-state index contributed by atoms with van der Waals surface area (Å²) in [7, 11) is -3.96. The van der Waals surface area contributed by atoms with Gasteiger partial charge in [-0.15, -0.1) is 12.3 Å². The molecule has 0 aliphatic carbocycles. The minimum atomic E-state index is -3.96. The van der Waals surface area contributed by atoms with E-state index in [2.05, 4.69) is 5.92 Å². The number of aromatic carboxylic acids is 1. The Morgan fingerprint density at radius 2 is 2.11 bits per heavy atom. The molecule has 0 spiro atoms. The number of carbonyl (C=O) groups is 1. The topological polar surface area (TPSA) is 71.4 Å². The summed E-state index contributed by atoms with van der Waals surface area (Å²) in [4.78, 5) is 10.1. The fourth-order valence-corrected chi connectivity index (χ4v) is 3.14. The number of terminal acetylenes is 1. The van der Waals surface area contributed by atoms with Crippen molar-refractivity contribution in [3.05, 3.63) is 28.5 Å². The first-order valence-corrected chi connectivity index (χ1v) is 7.21. The van der Waals surface area contributed by atoms with Crippen LogP contribution in [0.5, 0.6) is 0 Å². The highest BCUT2D eigenvalue weighted by atomic mass is 35.5. The van der Waals surface area contributed by atoms with Crippen molar-refractivity contribution in [3.63, 3.8) is 0 Å². The summed E-state index contributed by atoms with van der Waals surface area (Å²) in [6, 6.07) is 1.76. The quantitative estimate of drug-likeness (QED) is 0.669. The third kappa shape index (κ3) is 3.69. The Morgan fingerprint density at radius 1 is 1.47 bits per heavy atom. The summed E-state index contributed by atoms with van der Waals surface area (Å²) in [6.07, 6.45) is 5.39. The summed E-state index contributed by atoms with van der Waals surface area (Å²) >= 11 is 5.61. The normalized spacial score (nSPS) is 11.0. The van der Waals surface area contributed by atoms with Crippen molar-refractivity contribution in [2.45, 2.75) is 17.7 Å². The molecule has 0 amide bonds. The van der Waals surface area contributed by atoms with Gasteiger partial charge in [0, 0.05) is 11.4 Å². The van der Waals surface area contributed by atoms with Crippen LogP contribution in [-0.4, -0.2) is 25.2 Å².